The van der Waals surface area contributed by atoms with Crippen LogP contribution in [0, 0.1) is 0 Å². The summed E-state index contributed by atoms with van der Waals surface area (Å²) in [6, 6.07) is 4.91. The minimum absolute atomic E-state index is 0.235. The van der Waals surface area contributed by atoms with Crippen molar-refractivity contribution in [2.24, 2.45) is 0 Å². The van der Waals surface area contributed by atoms with Gasteiger partial charge in [0.15, 0.2) is 0 Å². The molecule has 1 aromatic heterocycles. The van der Waals surface area contributed by atoms with Crippen molar-refractivity contribution in [3.8, 4) is 5.75 Å². The Hall–Kier alpha value is -2.02. The second kappa shape index (κ2) is 4.82. The van der Waals surface area contributed by atoms with Crippen molar-refractivity contribution in [2.75, 3.05) is 11.3 Å². The van der Waals surface area contributed by atoms with Gasteiger partial charge in [0, 0.05) is 12.0 Å². The zero-order chi connectivity index (χ0) is 14.2. The number of anilines is 1. The van der Waals surface area contributed by atoms with Gasteiger partial charge in [-0.25, -0.2) is 8.42 Å². The van der Waals surface area contributed by atoms with Crippen molar-refractivity contribution in [3.63, 3.8) is 0 Å². The van der Waals surface area contributed by atoms with Gasteiger partial charge in [0.05, 0.1) is 17.7 Å². The molecule has 0 fully saturated rings. The molecule has 0 radical (unpaired) electrons. The van der Waals surface area contributed by atoms with E-state index >= 15 is 0 Å². The molecule has 0 atom stereocenters. The standard InChI is InChI=1S/C13H15N3O3S/c1-2-9-8-14-15-13(9)16-20(17,18)11-3-4-12-10(7-11)5-6-19-12/h3-4,7-8H,2,5-6H2,1H3,(H2,14,15,16). The van der Waals surface area contributed by atoms with E-state index in [0.29, 0.717) is 18.8 Å². The van der Waals surface area contributed by atoms with Crippen molar-refractivity contribution in [2.45, 2.75) is 24.7 Å². The van der Waals surface area contributed by atoms with Gasteiger partial charge >= 0.3 is 0 Å². The van der Waals surface area contributed by atoms with Crippen LogP contribution in [0.5, 0.6) is 5.75 Å². The molecule has 1 aromatic carbocycles. The largest absolute Gasteiger partial charge is 0.493 e. The zero-order valence-electron chi connectivity index (χ0n) is 11.0. The van der Waals surface area contributed by atoms with Crippen LogP contribution in [0.25, 0.3) is 0 Å². The highest BCUT2D eigenvalue weighted by Crippen LogP contribution is 2.28. The average molecular weight is 293 g/mol. The summed E-state index contributed by atoms with van der Waals surface area (Å²) in [5.41, 5.74) is 1.76. The van der Waals surface area contributed by atoms with E-state index in [2.05, 4.69) is 14.9 Å². The number of hydrogen-bond donors (Lipinski definition) is 2. The third-order valence-corrected chi connectivity index (χ3v) is 4.65. The van der Waals surface area contributed by atoms with E-state index in [4.69, 9.17) is 4.74 Å². The quantitative estimate of drug-likeness (QED) is 0.898. The fourth-order valence-electron chi connectivity index (χ4n) is 2.19. The lowest BCUT2D eigenvalue weighted by Gasteiger charge is -2.08. The van der Waals surface area contributed by atoms with Gasteiger partial charge in [-0.05, 0) is 30.2 Å². The fourth-order valence-corrected chi connectivity index (χ4v) is 3.30. The maximum absolute atomic E-state index is 12.4. The highest BCUT2D eigenvalue weighted by Gasteiger charge is 2.20. The first kappa shape index (κ1) is 13.0. The summed E-state index contributed by atoms with van der Waals surface area (Å²) in [6.45, 7) is 2.54. The van der Waals surface area contributed by atoms with E-state index < -0.39 is 10.0 Å². The molecular weight excluding hydrogens is 278 g/mol. The third kappa shape index (κ3) is 2.24. The topological polar surface area (TPSA) is 84.1 Å². The first-order valence-corrected chi connectivity index (χ1v) is 7.89. The second-order valence-corrected chi connectivity index (χ2v) is 6.28. The molecule has 0 amide bonds. The molecule has 0 bridgehead atoms. The maximum atomic E-state index is 12.4. The van der Waals surface area contributed by atoms with E-state index in [-0.39, 0.29) is 4.90 Å². The number of ether oxygens (including phenoxy) is 1. The number of sulfonamides is 1. The van der Waals surface area contributed by atoms with Crippen LogP contribution in [0.4, 0.5) is 5.82 Å². The molecule has 0 aliphatic carbocycles. The van der Waals surface area contributed by atoms with E-state index in [1.165, 1.54) is 0 Å². The highest BCUT2D eigenvalue weighted by molar-refractivity contribution is 7.92. The smallest absolute Gasteiger partial charge is 0.263 e. The highest BCUT2D eigenvalue weighted by atomic mass is 32.2. The Labute approximate surface area is 117 Å². The number of aryl methyl sites for hydroxylation is 1. The lowest BCUT2D eigenvalue weighted by molar-refractivity contribution is 0.356. The van der Waals surface area contributed by atoms with Crippen LogP contribution in [0.1, 0.15) is 18.1 Å². The number of nitrogens with one attached hydrogen (secondary N) is 2. The van der Waals surface area contributed by atoms with Crippen molar-refractivity contribution in [1.82, 2.24) is 10.2 Å². The minimum Gasteiger partial charge on any atom is -0.493 e. The van der Waals surface area contributed by atoms with Crippen molar-refractivity contribution in [1.29, 1.82) is 0 Å². The van der Waals surface area contributed by atoms with Crippen molar-refractivity contribution < 1.29 is 13.2 Å². The molecular formula is C13H15N3O3S. The normalized spacial score (nSPS) is 13.8. The molecule has 2 N–H and O–H groups in total. The molecule has 2 aromatic rings. The number of rotatable bonds is 4. The average Bonchev–Trinajstić information content (AvgIpc) is 3.05. The van der Waals surface area contributed by atoms with Crippen LogP contribution in [-0.4, -0.2) is 25.2 Å². The molecule has 3 rings (SSSR count). The van der Waals surface area contributed by atoms with Gasteiger partial charge < -0.3 is 4.74 Å². The van der Waals surface area contributed by atoms with Crippen LogP contribution in [-0.2, 0) is 22.9 Å². The molecule has 7 heteroatoms. The number of nitrogens with zero attached hydrogens (tertiary/aromatic N) is 1. The zero-order valence-corrected chi connectivity index (χ0v) is 11.8. The Bertz CT molecular complexity index is 737. The number of H-pyrrole nitrogens is 1. The molecule has 6 nitrogen and oxygen atoms in total. The Kier molecular flexibility index (Phi) is 3.13. The third-order valence-electron chi connectivity index (χ3n) is 3.31. The van der Waals surface area contributed by atoms with E-state index in [0.717, 1.165) is 23.3 Å². The van der Waals surface area contributed by atoms with Gasteiger partial charge in [-0.3, -0.25) is 9.82 Å². The molecule has 20 heavy (non-hydrogen) atoms. The van der Waals surface area contributed by atoms with Gasteiger partial charge in [-0.15, -0.1) is 0 Å². The lowest BCUT2D eigenvalue weighted by Crippen LogP contribution is -2.14. The predicted molar refractivity (Wildman–Crippen MR) is 74.4 cm³/mol. The summed E-state index contributed by atoms with van der Waals surface area (Å²) in [5, 5.41) is 6.53. The Balaban J connectivity index is 1.92. The Morgan fingerprint density at radius 1 is 1.45 bits per heavy atom. The summed E-state index contributed by atoms with van der Waals surface area (Å²) in [5.74, 6) is 1.18. The predicted octanol–water partition coefficient (Wildman–Crippen LogP) is 1.71. The van der Waals surface area contributed by atoms with Crippen molar-refractivity contribution in [3.05, 3.63) is 35.5 Å². The number of hydrogen-bond acceptors (Lipinski definition) is 4. The Morgan fingerprint density at radius 2 is 2.30 bits per heavy atom. The van der Waals surface area contributed by atoms with Crippen LogP contribution in [0.15, 0.2) is 29.3 Å². The van der Waals surface area contributed by atoms with Gasteiger partial charge in [-0.1, -0.05) is 6.92 Å². The molecule has 1 aliphatic heterocycles. The second-order valence-electron chi connectivity index (χ2n) is 4.60. The summed E-state index contributed by atoms with van der Waals surface area (Å²) in [6.07, 6.45) is 3.06. The van der Waals surface area contributed by atoms with E-state index in [9.17, 15) is 8.42 Å². The molecule has 0 unspecified atom stereocenters. The molecule has 1 aliphatic rings. The van der Waals surface area contributed by atoms with Gasteiger partial charge in [0.1, 0.15) is 11.6 Å². The number of benzene rings is 1. The number of aromatic nitrogens is 2. The molecule has 2 heterocycles. The van der Waals surface area contributed by atoms with Crippen LogP contribution in [0.2, 0.25) is 0 Å². The van der Waals surface area contributed by atoms with Crippen LogP contribution >= 0.6 is 0 Å². The first-order chi connectivity index (χ1) is 9.60. The monoisotopic (exact) mass is 293 g/mol. The lowest BCUT2D eigenvalue weighted by atomic mass is 10.2. The molecule has 0 spiro atoms. The van der Waals surface area contributed by atoms with Gasteiger partial charge in [0.2, 0.25) is 0 Å². The maximum Gasteiger partial charge on any atom is 0.263 e. The van der Waals surface area contributed by atoms with E-state index in [1.54, 1.807) is 24.4 Å². The number of aromatic amines is 1. The molecule has 0 saturated carbocycles. The van der Waals surface area contributed by atoms with Crippen LogP contribution < -0.4 is 9.46 Å². The summed E-state index contributed by atoms with van der Waals surface area (Å²) < 4.78 is 32.7. The molecule has 0 saturated heterocycles. The van der Waals surface area contributed by atoms with E-state index in [1.807, 2.05) is 6.92 Å². The van der Waals surface area contributed by atoms with Gasteiger partial charge in [-0.2, -0.15) is 5.10 Å². The first-order valence-electron chi connectivity index (χ1n) is 6.41. The SMILES string of the molecule is CCc1cn[nH]c1NS(=O)(=O)c1ccc2c(c1)CCO2. The number of fused-ring (bicyclic) bond motifs is 1. The van der Waals surface area contributed by atoms with Crippen molar-refractivity contribution >= 4 is 15.8 Å². The molecule has 106 valence electrons. The van der Waals surface area contributed by atoms with Crippen LogP contribution in [0.3, 0.4) is 0 Å². The summed E-state index contributed by atoms with van der Waals surface area (Å²) >= 11 is 0. The summed E-state index contributed by atoms with van der Waals surface area (Å²) in [7, 11) is -3.61. The fraction of sp³-hybridized carbons (Fsp3) is 0.308. The minimum atomic E-state index is -3.61. The Morgan fingerprint density at radius 3 is 3.10 bits per heavy atom. The van der Waals surface area contributed by atoms with Gasteiger partial charge in [0.25, 0.3) is 10.0 Å². The summed E-state index contributed by atoms with van der Waals surface area (Å²) in [4.78, 5) is 0.235.